The summed E-state index contributed by atoms with van der Waals surface area (Å²) in [5.74, 6) is -0.468. The fourth-order valence-electron chi connectivity index (χ4n) is 7.87. The summed E-state index contributed by atoms with van der Waals surface area (Å²) < 4.78 is 33.4. The molecule has 0 aliphatic carbocycles. The van der Waals surface area contributed by atoms with Crippen molar-refractivity contribution >= 4 is 23.9 Å². The van der Waals surface area contributed by atoms with Crippen LogP contribution in [-0.2, 0) is 19.1 Å². The molecule has 5 rings (SSSR count). The van der Waals surface area contributed by atoms with Crippen molar-refractivity contribution < 1.29 is 47.6 Å². The average Bonchev–Trinajstić information content (AvgIpc) is 3.41. The van der Waals surface area contributed by atoms with Gasteiger partial charge < -0.3 is 28.4 Å². The predicted molar refractivity (Wildman–Crippen MR) is 281 cm³/mol. The van der Waals surface area contributed by atoms with E-state index in [1.54, 1.807) is 24.3 Å². The van der Waals surface area contributed by atoms with Gasteiger partial charge in [-0.2, -0.15) is 5.26 Å². The molecule has 0 aliphatic rings. The Morgan fingerprint density at radius 3 is 1.07 bits per heavy atom. The third-order valence-corrected chi connectivity index (χ3v) is 12.0. The van der Waals surface area contributed by atoms with Crippen LogP contribution in [0.4, 0.5) is 0 Å². The van der Waals surface area contributed by atoms with E-state index in [4.69, 9.17) is 28.4 Å². The largest absolute Gasteiger partial charge is 0.494 e. The van der Waals surface area contributed by atoms with Gasteiger partial charge in [-0.15, -0.1) is 0 Å². The number of nitrogens with zero attached hydrogens (tertiary/aromatic N) is 1. The standard InChI is InChI=1S/C61H69NO10/c1-3-58(63)69-43-21-17-13-9-5-7-11-15-19-41-67-54-36-32-50(33-37-54)48-24-28-52(29-25-48)60(65)71-56-40-23-47(46-62)45-57(56)72-61(66)53-30-26-49(27-31-53)51-34-38-55(39-35-51)68-42-20-16-12-8-6-10-14-18-22-44-70-59(64)4-2/h3-4,23-40,45H,1-2,5-22,41-44H2. The van der Waals surface area contributed by atoms with Gasteiger partial charge in [0, 0.05) is 18.2 Å². The third kappa shape index (κ3) is 20.5. The molecule has 0 aromatic heterocycles. The molecule has 5 aromatic rings. The van der Waals surface area contributed by atoms with Gasteiger partial charge in [-0.1, -0.05) is 152 Å². The molecule has 0 amide bonds. The average molecular weight is 976 g/mol. The minimum Gasteiger partial charge on any atom is -0.494 e. The summed E-state index contributed by atoms with van der Waals surface area (Å²) in [6.45, 7) is 9.05. The van der Waals surface area contributed by atoms with Gasteiger partial charge in [0.2, 0.25) is 0 Å². The highest BCUT2D eigenvalue weighted by atomic mass is 16.6. The second-order valence-electron chi connectivity index (χ2n) is 17.6. The number of ether oxygens (including phenoxy) is 6. The molecule has 0 atom stereocenters. The Morgan fingerprint density at radius 1 is 0.403 bits per heavy atom. The van der Waals surface area contributed by atoms with Gasteiger partial charge in [-0.05, 0) is 109 Å². The molecule has 378 valence electrons. The first-order valence-electron chi connectivity index (χ1n) is 25.5. The van der Waals surface area contributed by atoms with E-state index in [0.717, 1.165) is 98.0 Å². The quantitative estimate of drug-likeness (QED) is 0.0168. The van der Waals surface area contributed by atoms with Crippen molar-refractivity contribution in [3.63, 3.8) is 0 Å². The van der Waals surface area contributed by atoms with E-state index in [2.05, 4.69) is 13.2 Å². The molecule has 0 saturated heterocycles. The van der Waals surface area contributed by atoms with Crippen LogP contribution < -0.4 is 18.9 Å². The maximum atomic E-state index is 13.4. The summed E-state index contributed by atoms with van der Waals surface area (Å²) in [6, 6.07) is 36.1. The Labute approximate surface area is 425 Å². The van der Waals surface area contributed by atoms with Crippen molar-refractivity contribution in [1.82, 2.24) is 0 Å². The normalized spacial score (nSPS) is 10.7. The first-order valence-corrected chi connectivity index (χ1v) is 25.5. The number of hydrogen-bond donors (Lipinski definition) is 0. The highest BCUT2D eigenvalue weighted by Crippen LogP contribution is 2.31. The van der Waals surface area contributed by atoms with Gasteiger partial charge in [0.05, 0.1) is 49.2 Å². The van der Waals surface area contributed by atoms with E-state index in [0.29, 0.717) is 32.0 Å². The van der Waals surface area contributed by atoms with Crippen molar-refractivity contribution in [3.8, 4) is 51.3 Å². The van der Waals surface area contributed by atoms with Gasteiger partial charge in [0.25, 0.3) is 0 Å². The molecule has 11 heteroatoms. The Kier molecular flexibility index (Phi) is 25.0. The summed E-state index contributed by atoms with van der Waals surface area (Å²) >= 11 is 0. The minimum atomic E-state index is -0.670. The van der Waals surface area contributed by atoms with Crippen molar-refractivity contribution in [2.24, 2.45) is 0 Å². The number of nitriles is 1. The monoisotopic (exact) mass is 975 g/mol. The number of carbonyl (C=O) groups excluding carboxylic acids is 4. The molecule has 0 radical (unpaired) electrons. The lowest BCUT2D eigenvalue weighted by Crippen LogP contribution is -2.13. The maximum Gasteiger partial charge on any atom is 0.343 e. The lowest BCUT2D eigenvalue weighted by Gasteiger charge is -2.12. The van der Waals surface area contributed by atoms with E-state index >= 15 is 0 Å². The van der Waals surface area contributed by atoms with Gasteiger partial charge in [0.15, 0.2) is 11.5 Å². The SMILES string of the molecule is C=CC(=O)OCCCCCCCCCCCOc1ccc(-c2ccc(C(=O)Oc3ccc(C#N)cc3OC(=O)c3ccc(-c4ccc(OCCCCCCCCCCCOC(=O)C=C)cc4)cc3)cc2)cc1. The molecule has 0 aliphatic heterocycles. The summed E-state index contributed by atoms with van der Waals surface area (Å²) in [5.41, 5.74) is 4.57. The molecule has 0 unspecified atom stereocenters. The van der Waals surface area contributed by atoms with Gasteiger partial charge in [-0.3, -0.25) is 0 Å². The Bertz CT molecular complexity index is 2490. The molecule has 0 N–H and O–H groups in total. The number of rotatable bonds is 34. The predicted octanol–water partition coefficient (Wildman–Crippen LogP) is 14.6. The van der Waals surface area contributed by atoms with Crippen LogP contribution in [-0.4, -0.2) is 50.3 Å². The highest BCUT2D eigenvalue weighted by Gasteiger charge is 2.18. The Morgan fingerprint density at radius 2 is 0.722 bits per heavy atom. The van der Waals surface area contributed by atoms with Gasteiger partial charge >= 0.3 is 23.9 Å². The second-order valence-corrected chi connectivity index (χ2v) is 17.6. The van der Waals surface area contributed by atoms with Crippen LogP contribution in [0, 0.1) is 11.3 Å². The number of benzene rings is 5. The smallest absolute Gasteiger partial charge is 0.343 e. The number of esters is 4. The van der Waals surface area contributed by atoms with Crippen LogP contribution in [0.25, 0.3) is 22.3 Å². The second kappa shape index (κ2) is 32.4. The topological polar surface area (TPSA) is 147 Å². The van der Waals surface area contributed by atoms with Crippen LogP contribution >= 0.6 is 0 Å². The molecule has 5 aromatic carbocycles. The van der Waals surface area contributed by atoms with Crippen molar-refractivity contribution in [1.29, 1.82) is 5.26 Å². The van der Waals surface area contributed by atoms with Crippen molar-refractivity contribution in [2.75, 3.05) is 26.4 Å². The zero-order valence-corrected chi connectivity index (χ0v) is 41.6. The Hall–Kier alpha value is -7.45. The zero-order chi connectivity index (χ0) is 51.0. The van der Waals surface area contributed by atoms with E-state index in [1.165, 1.54) is 81.7 Å². The minimum absolute atomic E-state index is 0.00486. The number of carbonyl (C=O) groups is 4. The van der Waals surface area contributed by atoms with E-state index in [9.17, 15) is 24.4 Å². The van der Waals surface area contributed by atoms with E-state index in [1.807, 2.05) is 78.9 Å². The van der Waals surface area contributed by atoms with E-state index < -0.39 is 11.9 Å². The fraction of sp³-hybridized carbons (Fsp3) is 0.361. The van der Waals surface area contributed by atoms with Gasteiger partial charge in [0.1, 0.15) is 11.5 Å². The Balaban J connectivity index is 0.992. The highest BCUT2D eigenvalue weighted by molar-refractivity contribution is 5.94. The third-order valence-electron chi connectivity index (χ3n) is 12.0. The number of hydrogen-bond acceptors (Lipinski definition) is 11. The van der Waals surface area contributed by atoms with Crippen molar-refractivity contribution in [2.45, 2.75) is 116 Å². The molecular formula is C61H69NO10. The fourth-order valence-corrected chi connectivity index (χ4v) is 7.87. The lowest BCUT2D eigenvalue weighted by molar-refractivity contribution is -0.138. The summed E-state index contributed by atoms with van der Waals surface area (Å²) in [7, 11) is 0. The summed E-state index contributed by atoms with van der Waals surface area (Å²) in [5, 5.41) is 9.58. The molecule has 0 fully saturated rings. The van der Waals surface area contributed by atoms with Crippen LogP contribution in [0.2, 0.25) is 0 Å². The molecule has 11 nitrogen and oxygen atoms in total. The van der Waals surface area contributed by atoms with Crippen LogP contribution in [0.1, 0.15) is 142 Å². The van der Waals surface area contributed by atoms with Crippen LogP contribution in [0.3, 0.4) is 0 Å². The first kappa shape index (κ1) is 55.5. The summed E-state index contributed by atoms with van der Waals surface area (Å²) in [4.78, 5) is 48.8. The zero-order valence-electron chi connectivity index (χ0n) is 41.6. The molecule has 0 heterocycles. The van der Waals surface area contributed by atoms with Crippen molar-refractivity contribution in [3.05, 3.63) is 157 Å². The molecule has 0 bridgehead atoms. The van der Waals surface area contributed by atoms with Crippen LogP contribution in [0.5, 0.6) is 23.0 Å². The van der Waals surface area contributed by atoms with E-state index in [-0.39, 0.29) is 34.6 Å². The molecule has 0 spiro atoms. The molecular weight excluding hydrogens is 907 g/mol. The molecule has 72 heavy (non-hydrogen) atoms. The lowest BCUT2D eigenvalue weighted by atomic mass is 10.0. The van der Waals surface area contributed by atoms with Gasteiger partial charge in [-0.25, -0.2) is 19.2 Å². The maximum absolute atomic E-state index is 13.4. The first-order chi connectivity index (χ1) is 35.3. The number of unbranched alkanes of at least 4 members (excludes halogenated alkanes) is 16. The molecule has 0 saturated carbocycles. The summed E-state index contributed by atoms with van der Waals surface area (Å²) in [6.07, 6.45) is 22.5. The van der Waals surface area contributed by atoms with Crippen LogP contribution in [0.15, 0.2) is 141 Å².